The van der Waals surface area contributed by atoms with Gasteiger partial charge >= 0.3 is 0 Å². The van der Waals surface area contributed by atoms with Crippen molar-refractivity contribution in [3.05, 3.63) is 136 Å². The number of benzene rings is 3. The first-order valence-corrected chi connectivity index (χ1v) is 15.8. The first-order chi connectivity index (χ1) is 22.0. The average Bonchev–Trinajstić information content (AvgIpc) is 3.10. The number of nitrogens with zero attached hydrogens (tertiary/aromatic N) is 4. The maximum absolute atomic E-state index is 14.5. The molecule has 6 rings (SSSR count). The zero-order valence-electron chi connectivity index (χ0n) is 25.2. The third kappa shape index (κ3) is 7.80. The summed E-state index contributed by atoms with van der Waals surface area (Å²) >= 11 is 5.97. The van der Waals surface area contributed by atoms with E-state index >= 15 is 0 Å². The molecule has 0 bridgehead atoms. The summed E-state index contributed by atoms with van der Waals surface area (Å²) in [7, 11) is 0. The fourth-order valence-electron chi connectivity index (χ4n) is 5.98. The van der Waals surface area contributed by atoms with E-state index < -0.39 is 6.04 Å². The minimum absolute atomic E-state index is 0.0480. The Labute approximate surface area is 269 Å². The number of hydrogen-bond acceptors (Lipinski definition) is 5. The lowest BCUT2D eigenvalue weighted by Gasteiger charge is -2.37. The normalized spacial score (nSPS) is 15.5. The Morgan fingerprint density at radius 2 is 1.60 bits per heavy atom. The van der Waals surface area contributed by atoms with Crippen LogP contribution in [0.25, 0.3) is 6.08 Å². The number of pyridine rings is 1. The van der Waals surface area contributed by atoms with Gasteiger partial charge in [0.1, 0.15) is 11.2 Å². The number of anilines is 1. The molecule has 2 aliphatic rings. The van der Waals surface area contributed by atoms with Crippen molar-refractivity contribution >= 4 is 35.2 Å². The molecule has 0 aliphatic carbocycles. The number of ether oxygens (including phenoxy) is 1. The van der Waals surface area contributed by atoms with E-state index in [0.29, 0.717) is 44.4 Å². The highest BCUT2D eigenvalue weighted by Crippen LogP contribution is 2.24. The maximum Gasteiger partial charge on any atom is 0.247 e. The molecule has 4 aromatic rings. The number of halogens is 1. The standard InChI is InChI=1S/C37H37ClN4O3/c38-35-16-12-29(25-39-35)13-17-36(43)42(26-30-10-14-33(15-11-30)40-20-22-45-23-21-40)34(24-28-6-2-1-3-7-28)37(44)41-19-18-31-8-4-5-9-32(31)27-41/h1-17,25,34H,18-24,26-27H2/t34-/m0/s1. The van der Waals surface area contributed by atoms with Crippen molar-refractivity contribution in [1.82, 2.24) is 14.8 Å². The van der Waals surface area contributed by atoms with Crippen molar-refractivity contribution < 1.29 is 14.3 Å². The molecule has 230 valence electrons. The number of amides is 2. The molecule has 0 unspecified atom stereocenters. The summed E-state index contributed by atoms with van der Waals surface area (Å²) in [6, 6.07) is 29.3. The van der Waals surface area contributed by atoms with Gasteiger partial charge in [-0.05, 0) is 58.5 Å². The van der Waals surface area contributed by atoms with Gasteiger partial charge < -0.3 is 19.4 Å². The summed E-state index contributed by atoms with van der Waals surface area (Å²) in [6.07, 6.45) is 6.08. The lowest BCUT2D eigenvalue weighted by molar-refractivity contribution is -0.144. The molecular formula is C37H37ClN4O3. The largest absolute Gasteiger partial charge is 0.378 e. The quantitative estimate of drug-likeness (QED) is 0.175. The van der Waals surface area contributed by atoms with Gasteiger partial charge in [0.25, 0.3) is 0 Å². The molecule has 0 spiro atoms. The molecule has 7 nitrogen and oxygen atoms in total. The molecule has 3 aromatic carbocycles. The van der Waals surface area contributed by atoms with Gasteiger partial charge in [-0.25, -0.2) is 4.98 Å². The minimum atomic E-state index is -0.697. The van der Waals surface area contributed by atoms with Crippen LogP contribution in [0.3, 0.4) is 0 Å². The Morgan fingerprint density at radius 3 is 2.33 bits per heavy atom. The van der Waals surface area contributed by atoms with Crippen LogP contribution in [0.5, 0.6) is 0 Å². The van der Waals surface area contributed by atoms with Crippen LogP contribution in [0.15, 0.2) is 103 Å². The van der Waals surface area contributed by atoms with E-state index in [1.54, 1.807) is 23.2 Å². The summed E-state index contributed by atoms with van der Waals surface area (Å²) in [6.45, 7) is 4.56. The molecule has 2 amide bonds. The highest BCUT2D eigenvalue weighted by atomic mass is 35.5. The van der Waals surface area contributed by atoms with Crippen LogP contribution in [0, 0.1) is 0 Å². The van der Waals surface area contributed by atoms with Gasteiger partial charge in [-0.2, -0.15) is 0 Å². The van der Waals surface area contributed by atoms with Crippen molar-refractivity contribution in [2.45, 2.75) is 32.0 Å². The Balaban J connectivity index is 1.32. The molecule has 0 N–H and O–H groups in total. The third-order valence-corrected chi connectivity index (χ3v) is 8.72. The average molecular weight is 621 g/mol. The number of rotatable bonds is 9. The van der Waals surface area contributed by atoms with Crippen LogP contribution in [0.4, 0.5) is 5.69 Å². The Kier molecular flexibility index (Phi) is 9.88. The van der Waals surface area contributed by atoms with E-state index in [2.05, 4.69) is 46.3 Å². The van der Waals surface area contributed by atoms with Gasteiger partial charge in [0, 0.05) is 57.1 Å². The molecule has 3 heterocycles. The molecular weight excluding hydrogens is 584 g/mol. The summed E-state index contributed by atoms with van der Waals surface area (Å²) in [5, 5.41) is 0.386. The second-order valence-electron chi connectivity index (χ2n) is 11.5. The lowest BCUT2D eigenvalue weighted by Crippen LogP contribution is -2.52. The summed E-state index contributed by atoms with van der Waals surface area (Å²) in [4.78, 5) is 38.7. The van der Waals surface area contributed by atoms with E-state index in [0.717, 1.165) is 47.5 Å². The highest BCUT2D eigenvalue weighted by molar-refractivity contribution is 6.29. The van der Waals surface area contributed by atoms with Gasteiger partial charge in [-0.3, -0.25) is 9.59 Å². The number of carbonyl (C=O) groups excluding carboxylic acids is 2. The zero-order chi connectivity index (χ0) is 31.0. The first kappa shape index (κ1) is 30.6. The van der Waals surface area contributed by atoms with E-state index in [9.17, 15) is 9.59 Å². The zero-order valence-corrected chi connectivity index (χ0v) is 26.0. The topological polar surface area (TPSA) is 66.0 Å². The Bertz CT molecular complexity index is 1620. The second kappa shape index (κ2) is 14.5. The molecule has 45 heavy (non-hydrogen) atoms. The van der Waals surface area contributed by atoms with Gasteiger partial charge in [0.15, 0.2) is 0 Å². The van der Waals surface area contributed by atoms with Gasteiger partial charge in [0.2, 0.25) is 11.8 Å². The molecule has 1 saturated heterocycles. The van der Waals surface area contributed by atoms with Crippen LogP contribution in [0.1, 0.15) is 27.8 Å². The van der Waals surface area contributed by atoms with Crippen LogP contribution in [-0.4, -0.2) is 65.5 Å². The number of carbonyl (C=O) groups is 2. The molecule has 2 aliphatic heterocycles. The number of fused-ring (bicyclic) bond motifs is 1. The van der Waals surface area contributed by atoms with Crippen molar-refractivity contribution in [3.8, 4) is 0 Å². The van der Waals surface area contributed by atoms with Gasteiger partial charge in [0.05, 0.1) is 13.2 Å². The molecule has 0 radical (unpaired) electrons. The summed E-state index contributed by atoms with van der Waals surface area (Å²) in [5.41, 5.74) is 6.26. The second-order valence-corrected chi connectivity index (χ2v) is 11.9. The van der Waals surface area contributed by atoms with Crippen LogP contribution < -0.4 is 4.90 Å². The van der Waals surface area contributed by atoms with E-state index in [1.807, 2.05) is 53.4 Å². The van der Waals surface area contributed by atoms with Crippen LogP contribution in [0.2, 0.25) is 5.15 Å². The fourth-order valence-corrected chi connectivity index (χ4v) is 6.10. The van der Waals surface area contributed by atoms with Crippen molar-refractivity contribution in [2.24, 2.45) is 0 Å². The molecule has 1 aromatic heterocycles. The van der Waals surface area contributed by atoms with Gasteiger partial charge in [-0.1, -0.05) is 84.4 Å². The number of aromatic nitrogens is 1. The number of hydrogen-bond donors (Lipinski definition) is 0. The smallest absolute Gasteiger partial charge is 0.247 e. The van der Waals surface area contributed by atoms with Crippen LogP contribution in [-0.2, 0) is 40.3 Å². The monoisotopic (exact) mass is 620 g/mol. The molecule has 0 saturated carbocycles. The summed E-state index contributed by atoms with van der Waals surface area (Å²) in [5.74, 6) is -0.290. The molecule has 8 heteroatoms. The van der Waals surface area contributed by atoms with Crippen molar-refractivity contribution in [1.29, 1.82) is 0 Å². The highest BCUT2D eigenvalue weighted by Gasteiger charge is 2.34. The third-order valence-electron chi connectivity index (χ3n) is 8.49. The SMILES string of the molecule is O=C([C@H](Cc1ccccc1)N(Cc1ccc(N2CCOCC2)cc1)C(=O)C=Cc1ccc(Cl)nc1)N1CCc2ccccc2C1. The Morgan fingerprint density at radius 1 is 0.867 bits per heavy atom. The van der Waals surface area contributed by atoms with E-state index in [1.165, 1.54) is 11.6 Å². The van der Waals surface area contributed by atoms with Crippen molar-refractivity contribution in [2.75, 3.05) is 37.7 Å². The number of morpholine rings is 1. The van der Waals surface area contributed by atoms with Gasteiger partial charge in [-0.15, -0.1) is 0 Å². The predicted molar refractivity (Wildman–Crippen MR) is 178 cm³/mol. The maximum atomic E-state index is 14.5. The van der Waals surface area contributed by atoms with Crippen LogP contribution >= 0.6 is 11.6 Å². The fraction of sp³-hybridized carbons (Fsp3) is 0.270. The predicted octanol–water partition coefficient (Wildman–Crippen LogP) is 5.81. The molecule has 1 atom stereocenters. The van der Waals surface area contributed by atoms with E-state index in [-0.39, 0.29) is 11.8 Å². The minimum Gasteiger partial charge on any atom is -0.378 e. The van der Waals surface area contributed by atoms with Crippen molar-refractivity contribution in [3.63, 3.8) is 0 Å². The summed E-state index contributed by atoms with van der Waals surface area (Å²) < 4.78 is 5.51. The first-order valence-electron chi connectivity index (χ1n) is 15.4. The molecule has 1 fully saturated rings. The Hall–Kier alpha value is -4.46. The van der Waals surface area contributed by atoms with E-state index in [4.69, 9.17) is 16.3 Å². The lowest BCUT2D eigenvalue weighted by atomic mass is 9.97.